The molecule has 0 fully saturated rings. The number of ether oxygens (including phenoxy) is 2. The topological polar surface area (TPSA) is 134 Å². The van der Waals surface area contributed by atoms with Crippen LogP contribution in [-0.4, -0.2) is 49.3 Å². The number of phosphoric ester groups is 1. The van der Waals surface area contributed by atoms with Crippen LogP contribution >= 0.6 is 7.82 Å². The summed E-state index contributed by atoms with van der Waals surface area (Å²) >= 11 is 0. The molecule has 0 aliphatic rings. The third kappa shape index (κ3) is 32.5. The van der Waals surface area contributed by atoms with E-state index in [4.69, 9.17) is 24.3 Å². The maximum Gasteiger partial charge on any atom is 0.472 e. The summed E-state index contributed by atoms with van der Waals surface area (Å²) in [6.07, 6.45) is 29.8. The van der Waals surface area contributed by atoms with Crippen LogP contribution in [-0.2, 0) is 32.7 Å². The number of esters is 2. The van der Waals surface area contributed by atoms with Crippen molar-refractivity contribution in [2.75, 3.05) is 26.4 Å². The van der Waals surface area contributed by atoms with E-state index in [2.05, 4.69) is 26.0 Å². The van der Waals surface area contributed by atoms with Gasteiger partial charge >= 0.3 is 19.8 Å². The average molecular weight is 662 g/mol. The summed E-state index contributed by atoms with van der Waals surface area (Å²) in [7, 11) is -4.36. The first-order chi connectivity index (χ1) is 21.8. The molecular weight excluding hydrogens is 593 g/mol. The zero-order valence-corrected chi connectivity index (χ0v) is 29.8. The molecule has 9 nitrogen and oxygen atoms in total. The molecule has 0 heterocycles. The molecule has 0 aliphatic carbocycles. The Morgan fingerprint density at radius 3 is 1.58 bits per heavy atom. The molecule has 266 valence electrons. The van der Waals surface area contributed by atoms with Crippen LogP contribution in [0.4, 0.5) is 0 Å². The summed E-state index contributed by atoms with van der Waals surface area (Å²) in [6.45, 7) is 3.66. The maximum atomic E-state index is 12.4. The lowest BCUT2D eigenvalue weighted by Gasteiger charge is -2.19. The minimum Gasteiger partial charge on any atom is -0.462 e. The molecule has 0 rings (SSSR count). The first-order valence-corrected chi connectivity index (χ1v) is 19.7. The fourth-order valence-corrected chi connectivity index (χ4v) is 5.69. The van der Waals surface area contributed by atoms with Crippen molar-refractivity contribution in [3.05, 3.63) is 12.2 Å². The van der Waals surface area contributed by atoms with Crippen LogP contribution in [0.5, 0.6) is 0 Å². The second kappa shape index (κ2) is 32.7. The highest BCUT2D eigenvalue weighted by Gasteiger charge is 2.25. The molecule has 0 aromatic heterocycles. The molecule has 0 saturated carbocycles. The standard InChI is InChI=1S/C35H68NO8P/c1-3-5-7-9-11-12-13-14-15-16-17-18-19-20-22-23-25-27-34(37)41-31-33(32-43-45(39,40)42-30-29-36)44-35(38)28-26-24-21-10-8-6-4-2/h14-15,33H,3-13,16-32,36H2,1-2H3,(H,39,40)/b15-14+/t33-/m0/s1. The third-order valence-corrected chi connectivity index (χ3v) is 8.64. The number of allylic oxidation sites excluding steroid dienone is 2. The normalized spacial score (nSPS) is 13.6. The fraction of sp³-hybridized carbons (Fsp3) is 0.886. The Morgan fingerprint density at radius 2 is 1.09 bits per heavy atom. The van der Waals surface area contributed by atoms with Crippen molar-refractivity contribution in [3.8, 4) is 0 Å². The van der Waals surface area contributed by atoms with E-state index < -0.39 is 26.5 Å². The highest BCUT2D eigenvalue weighted by molar-refractivity contribution is 7.47. The highest BCUT2D eigenvalue weighted by atomic mass is 31.2. The molecule has 0 saturated heterocycles. The van der Waals surface area contributed by atoms with E-state index in [-0.39, 0.29) is 38.6 Å². The van der Waals surface area contributed by atoms with Crippen LogP contribution in [0.3, 0.4) is 0 Å². The molecule has 10 heteroatoms. The van der Waals surface area contributed by atoms with Gasteiger partial charge in [0.2, 0.25) is 0 Å². The van der Waals surface area contributed by atoms with E-state index in [1.54, 1.807) is 0 Å². The van der Waals surface area contributed by atoms with Crippen LogP contribution in [0.2, 0.25) is 0 Å². The van der Waals surface area contributed by atoms with Crippen LogP contribution in [0.1, 0.15) is 168 Å². The van der Waals surface area contributed by atoms with E-state index in [9.17, 15) is 19.0 Å². The van der Waals surface area contributed by atoms with E-state index in [1.165, 1.54) is 89.9 Å². The second-order valence-electron chi connectivity index (χ2n) is 12.1. The van der Waals surface area contributed by atoms with Crippen molar-refractivity contribution in [3.63, 3.8) is 0 Å². The smallest absolute Gasteiger partial charge is 0.462 e. The molecule has 1 unspecified atom stereocenters. The van der Waals surface area contributed by atoms with Crippen LogP contribution < -0.4 is 5.73 Å². The zero-order valence-electron chi connectivity index (χ0n) is 28.9. The lowest BCUT2D eigenvalue weighted by molar-refractivity contribution is -0.161. The van der Waals surface area contributed by atoms with E-state index in [1.807, 2.05) is 0 Å². The zero-order chi connectivity index (χ0) is 33.3. The second-order valence-corrected chi connectivity index (χ2v) is 13.5. The van der Waals surface area contributed by atoms with Gasteiger partial charge in [-0.1, -0.05) is 129 Å². The number of carbonyl (C=O) groups excluding carboxylic acids is 2. The summed E-state index contributed by atoms with van der Waals surface area (Å²) < 4.78 is 32.5. The van der Waals surface area contributed by atoms with Gasteiger partial charge in [-0.05, 0) is 38.5 Å². The number of carbonyl (C=O) groups is 2. The lowest BCUT2D eigenvalue weighted by Crippen LogP contribution is -2.29. The Balaban J connectivity index is 4.12. The van der Waals surface area contributed by atoms with Crippen molar-refractivity contribution in [2.45, 2.75) is 174 Å². The Hall–Kier alpha value is -1.25. The molecule has 0 aromatic rings. The van der Waals surface area contributed by atoms with Crippen LogP contribution in [0.15, 0.2) is 12.2 Å². The first kappa shape index (κ1) is 43.8. The average Bonchev–Trinajstić information content (AvgIpc) is 3.02. The number of rotatable bonds is 34. The monoisotopic (exact) mass is 661 g/mol. The van der Waals surface area contributed by atoms with Crippen molar-refractivity contribution in [1.82, 2.24) is 0 Å². The first-order valence-electron chi connectivity index (χ1n) is 18.2. The van der Waals surface area contributed by atoms with E-state index in [0.717, 1.165) is 44.9 Å². The van der Waals surface area contributed by atoms with Crippen LogP contribution in [0.25, 0.3) is 0 Å². The molecule has 0 bridgehead atoms. The Labute approximate surface area is 275 Å². The molecule has 0 aromatic carbocycles. The predicted molar refractivity (Wildman–Crippen MR) is 183 cm³/mol. The van der Waals surface area contributed by atoms with Gasteiger partial charge in [0.05, 0.1) is 13.2 Å². The van der Waals surface area contributed by atoms with Gasteiger partial charge in [-0.3, -0.25) is 18.6 Å². The summed E-state index contributed by atoms with van der Waals surface area (Å²) in [5, 5.41) is 0. The van der Waals surface area contributed by atoms with Crippen molar-refractivity contribution in [1.29, 1.82) is 0 Å². The maximum absolute atomic E-state index is 12.4. The molecule has 0 amide bonds. The Kier molecular flexibility index (Phi) is 31.8. The van der Waals surface area contributed by atoms with Crippen molar-refractivity contribution in [2.24, 2.45) is 5.73 Å². The SMILES string of the molecule is CCCCCCCC/C=C/CCCCCCCCCC(=O)OC[C@@H](COP(=O)(O)OCCN)OC(=O)CCCCCCCCC. The Morgan fingerprint density at radius 1 is 0.644 bits per heavy atom. The third-order valence-electron chi connectivity index (χ3n) is 7.65. The molecule has 3 N–H and O–H groups in total. The summed E-state index contributed by atoms with van der Waals surface area (Å²) in [4.78, 5) is 34.5. The molecule has 0 aliphatic heterocycles. The van der Waals surface area contributed by atoms with E-state index in [0.29, 0.717) is 6.42 Å². The summed E-state index contributed by atoms with van der Waals surface area (Å²) in [6, 6.07) is 0. The van der Waals surface area contributed by atoms with Gasteiger partial charge < -0.3 is 20.1 Å². The van der Waals surface area contributed by atoms with E-state index >= 15 is 0 Å². The highest BCUT2D eigenvalue weighted by Crippen LogP contribution is 2.43. The van der Waals surface area contributed by atoms with Gasteiger partial charge in [0.1, 0.15) is 6.61 Å². The van der Waals surface area contributed by atoms with Gasteiger partial charge in [-0.25, -0.2) is 4.57 Å². The number of hydrogen-bond donors (Lipinski definition) is 2. The predicted octanol–water partition coefficient (Wildman–Crippen LogP) is 9.49. The molecule has 0 spiro atoms. The number of unbranched alkanes of at least 4 members (excludes halogenated alkanes) is 19. The minimum absolute atomic E-state index is 0.0549. The molecular formula is C35H68NO8P. The quantitative estimate of drug-likeness (QED) is 0.0299. The lowest BCUT2D eigenvalue weighted by atomic mass is 10.1. The molecule has 0 radical (unpaired) electrons. The number of nitrogens with two attached hydrogens (primary N) is 1. The summed E-state index contributed by atoms with van der Waals surface area (Å²) in [5.41, 5.74) is 5.31. The Bertz CT molecular complexity index is 764. The number of phosphoric acid groups is 1. The molecule has 2 atom stereocenters. The van der Waals surface area contributed by atoms with Crippen molar-refractivity contribution >= 4 is 19.8 Å². The van der Waals surface area contributed by atoms with Gasteiger partial charge in [0, 0.05) is 19.4 Å². The molecule has 45 heavy (non-hydrogen) atoms. The fourth-order valence-electron chi connectivity index (χ4n) is 4.92. The minimum atomic E-state index is -4.36. The largest absolute Gasteiger partial charge is 0.472 e. The van der Waals surface area contributed by atoms with Gasteiger partial charge in [-0.15, -0.1) is 0 Å². The van der Waals surface area contributed by atoms with Gasteiger partial charge in [0.15, 0.2) is 6.10 Å². The summed E-state index contributed by atoms with van der Waals surface area (Å²) in [5.74, 6) is -0.838. The van der Waals surface area contributed by atoms with Gasteiger partial charge in [0.25, 0.3) is 0 Å². The number of hydrogen-bond acceptors (Lipinski definition) is 8. The van der Waals surface area contributed by atoms with Crippen LogP contribution in [0, 0.1) is 0 Å². The van der Waals surface area contributed by atoms with Gasteiger partial charge in [-0.2, -0.15) is 0 Å². The van der Waals surface area contributed by atoms with Crippen molar-refractivity contribution < 1.29 is 37.6 Å².